The summed E-state index contributed by atoms with van der Waals surface area (Å²) < 4.78 is 0. The number of hydrogen-bond acceptors (Lipinski definition) is 2. The first kappa shape index (κ1) is 12.6. The second kappa shape index (κ2) is 5.67. The number of nitrogens with two attached hydrogens (primary N) is 1. The third-order valence-corrected chi connectivity index (χ3v) is 4.29. The molecule has 17 heavy (non-hydrogen) atoms. The molecule has 1 fully saturated rings. The van der Waals surface area contributed by atoms with Crippen molar-refractivity contribution < 1.29 is 4.79 Å². The smallest absolute Gasteiger partial charge is 0.217 e. The predicted octanol–water partition coefficient (Wildman–Crippen LogP) is 1.83. The second-order valence-corrected chi connectivity index (χ2v) is 5.61. The van der Waals surface area contributed by atoms with Gasteiger partial charge in [0.1, 0.15) is 0 Å². The maximum absolute atomic E-state index is 10.6. The van der Waals surface area contributed by atoms with Crippen LogP contribution in [0.1, 0.15) is 39.0 Å². The molecule has 1 saturated carbocycles. The predicted molar refractivity (Wildman–Crippen MR) is 69.4 cm³/mol. The van der Waals surface area contributed by atoms with Crippen molar-refractivity contribution in [3.8, 4) is 0 Å². The molecule has 0 heterocycles. The Morgan fingerprint density at radius 1 is 1.41 bits per heavy atom. The average Bonchev–Trinajstić information content (AvgIpc) is 2.89. The number of amides is 1. The minimum Gasteiger partial charge on any atom is -0.370 e. The van der Waals surface area contributed by atoms with E-state index in [1.54, 1.807) is 0 Å². The van der Waals surface area contributed by atoms with E-state index in [1.807, 2.05) is 0 Å². The molecule has 0 spiro atoms. The summed E-state index contributed by atoms with van der Waals surface area (Å²) in [6.07, 6.45) is 10.0. The van der Waals surface area contributed by atoms with E-state index in [2.05, 4.69) is 24.4 Å². The van der Waals surface area contributed by atoms with Crippen LogP contribution in [-0.4, -0.2) is 18.5 Å². The molecule has 0 saturated heterocycles. The monoisotopic (exact) mass is 236 g/mol. The number of unbranched alkanes of at least 4 members (excludes halogenated alkanes) is 1. The Hall–Kier alpha value is -0.830. The number of allylic oxidation sites excluding steroid dienone is 2. The van der Waals surface area contributed by atoms with Gasteiger partial charge in [-0.15, -0.1) is 0 Å². The molecule has 2 aliphatic rings. The van der Waals surface area contributed by atoms with Gasteiger partial charge in [-0.2, -0.15) is 0 Å². The minimum atomic E-state index is -0.184. The van der Waals surface area contributed by atoms with Gasteiger partial charge in [0.05, 0.1) is 0 Å². The fourth-order valence-electron chi connectivity index (χ4n) is 3.30. The Morgan fingerprint density at radius 3 is 2.82 bits per heavy atom. The first-order valence-electron chi connectivity index (χ1n) is 6.87. The fourth-order valence-corrected chi connectivity index (χ4v) is 3.30. The molecule has 0 aromatic heterocycles. The van der Waals surface area contributed by atoms with Crippen molar-refractivity contribution in [1.82, 2.24) is 5.32 Å². The summed E-state index contributed by atoms with van der Waals surface area (Å²) in [6, 6.07) is 0.600. The highest BCUT2D eigenvalue weighted by atomic mass is 16.1. The van der Waals surface area contributed by atoms with E-state index in [0.29, 0.717) is 12.5 Å². The molecule has 0 aromatic rings. The topological polar surface area (TPSA) is 55.1 Å². The van der Waals surface area contributed by atoms with Gasteiger partial charge in [-0.1, -0.05) is 12.2 Å². The Morgan fingerprint density at radius 2 is 2.24 bits per heavy atom. The lowest BCUT2D eigenvalue weighted by Crippen LogP contribution is -2.36. The van der Waals surface area contributed by atoms with E-state index in [9.17, 15) is 4.79 Å². The normalized spacial score (nSPS) is 31.9. The number of primary amides is 1. The molecule has 96 valence electrons. The zero-order chi connectivity index (χ0) is 12.3. The molecular weight excluding hydrogens is 212 g/mol. The lowest BCUT2D eigenvalue weighted by atomic mass is 9.87. The van der Waals surface area contributed by atoms with Crippen LogP contribution in [0.2, 0.25) is 0 Å². The largest absolute Gasteiger partial charge is 0.370 e. The summed E-state index contributed by atoms with van der Waals surface area (Å²) in [7, 11) is 0. The Bertz CT molecular complexity index is 301. The minimum absolute atomic E-state index is 0.184. The molecule has 3 heteroatoms. The summed E-state index contributed by atoms with van der Waals surface area (Å²) >= 11 is 0. The van der Waals surface area contributed by atoms with Gasteiger partial charge in [0.2, 0.25) is 5.91 Å². The number of carbonyl (C=O) groups is 1. The van der Waals surface area contributed by atoms with E-state index < -0.39 is 0 Å². The number of hydrogen-bond donors (Lipinski definition) is 2. The van der Waals surface area contributed by atoms with Gasteiger partial charge in [0.25, 0.3) is 0 Å². The van der Waals surface area contributed by atoms with Crippen molar-refractivity contribution in [1.29, 1.82) is 0 Å². The highest BCUT2D eigenvalue weighted by molar-refractivity contribution is 5.73. The third-order valence-electron chi connectivity index (χ3n) is 4.29. The van der Waals surface area contributed by atoms with Crippen LogP contribution in [0.5, 0.6) is 0 Å². The van der Waals surface area contributed by atoms with Crippen molar-refractivity contribution in [2.24, 2.45) is 23.5 Å². The maximum atomic E-state index is 10.6. The summed E-state index contributed by atoms with van der Waals surface area (Å²) in [5.74, 6) is 2.30. The summed E-state index contributed by atoms with van der Waals surface area (Å²) in [6.45, 7) is 3.30. The Labute approximate surface area is 104 Å². The van der Waals surface area contributed by atoms with Crippen LogP contribution in [0.15, 0.2) is 12.2 Å². The highest BCUT2D eigenvalue weighted by Gasteiger charge is 2.38. The van der Waals surface area contributed by atoms with Crippen molar-refractivity contribution in [2.45, 2.75) is 45.1 Å². The van der Waals surface area contributed by atoms with Gasteiger partial charge in [-0.05, 0) is 56.9 Å². The van der Waals surface area contributed by atoms with Crippen LogP contribution in [0.4, 0.5) is 0 Å². The molecule has 3 nitrogen and oxygen atoms in total. The molecule has 0 aliphatic heterocycles. The van der Waals surface area contributed by atoms with Crippen LogP contribution in [0, 0.1) is 17.8 Å². The summed E-state index contributed by atoms with van der Waals surface area (Å²) in [5.41, 5.74) is 5.11. The van der Waals surface area contributed by atoms with E-state index in [0.717, 1.165) is 37.1 Å². The molecule has 2 rings (SSSR count). The lowest BCUT2D eigenvalue weighted by molar-refractivity contribution is -0.118. The SMILES string of the molecule is CC(NCCCCC(N)=O)C1CC2C=CC1C2. The van der Waals surface area contributed by atoms with Gasteiger partial charge in [0, 0.05) is 12.5 Å². The van der Waals surface area contributed by atoms with Crippen molar-refractivity contribution >= 4 is 5.91 Å². The van der Waals surface area contributed by atoms with E-state index in [1.165, 1.54) is 12.8 Å². The maximum Gasteiger partial charge on any atom is 0.217 e. The molecule has 4 atom stereocenters. The molecule has 2 bridgehead atoms. The van der Waals surface area contributed by atoms with E-state index in [-0.39, 0.29) is 5.91 Å². The van der Waals surface area contributed by atoms with E-state index >= 15 is 0 Å². The van der Waals surface area contributed by atoms with Crippen LogP contribution in [0.3, 0.4) is 0 Å². The molecule has 1 amide bonds. The van der Waals surface area contributed by atoms with Gasteiger partial charge >= 0.3 is 0 Å². The first-order valence-corrected chi connectivity index (χ1v) is 6.87. The van der Waals surface area contributed by atoms with Gasteiger partial charge in [-0.3, -0.25) is 4.79 Å². The van der Waals surface area contributed by atoms with Crippen LogP contribution < -0.4 is 11.1 Å². The van der Waals surface area contributed by atoms with Crippen LogP contribution in [0.25, 0.3) is 0 Å². The van der Waals surface area contributed by atoms with Gasteiger partial charge in [-0.25, -0.2) is 0 Å². The average molecular weight is 236 g/mol. The Kier molecular flexibility index (Phi) is 4.21. The lowest BCUT2D eigenvalue weighted by Gasteiger charge is -2.26. The van der Waals surface area contributed by atoms with E-state index in [4.69, 9.17) is 5.73 Å². The standard InChI is InChI=1S/C14H24N2O/c1-10(16-7-3-2-4-14(15)17)13-9-11-5-6-12(13)8-11/h5-6,10-13,16H,2-4,7-9H2,1H3,(H2,15,17). The number of rotatable bonds is 7. The fraction of sp³-hybridized carbons (Fsp3) is 0.786. The second-order valence-electron chi connectivity index (χ2n) is 5.61. The quantitative estimate of drug-likeness (QED) is 0.523. The van der Waals surface area contributed by atoms with Gasteiger partial charge < -0.3 is 11.1 Å². The first-order chi connectivity index (χ1) is 8.16. The summed E-state index contributed by atoms with van der Waals surface area (Å²) in [5, 5.41) is 3.60. The molecule has 0 aromatic carbocycles. The molecule has 3 N–H and O–H groups in total. The molecule has 4 unspecified atom stereocenters. The number of nitrogens with one attached hydrogen (secondary N) is 1. The van der Waals surface area contributed by atoms with Crippen molar-refractivity contribution in [3.05, 3.63) is 12.2 Å². The van der Waals surface area contributed by atoms with Crippen LogP contribution >= 0.6 is 0 Å². The van der Waals surface area contributed by atoms with Crippen molar-refractivity contribution in [2.75, 3.05) is 6.54 Å². The zero-order valence-electron chi connectivity index (χ0n) is 10.7. The molecule has 0 radical (unpaired) electrons. The van der Waals surface area contributed by atoms with Crippen LogP contribution in [-0.2, 0) is 4.79 Å². The highest BCUT2D eigenvalue weighted by Crippen LogP contribution is 2.44. The molecule has 2 aliphatic carbocycles. The number of fused-ring (bicyclic) bond motifs is 2. The summed E-state index contributed by atoms with van der Waals surface area (Å²) in [4.78, 5) is 10.6. The Balaban J connectivity index is 1.60. The van der Waals surface area contributed by atoms with Gasteiger partial charge in [0.15, 0.2) is 0 Å². The zero-order valence-corrected chi connectivity index (χ0v) is 10.7. The number of carbonyl (C=O) groups excluding carboxylic acids is 1. The van der Waals surface area contributed by atoms with Crippen molar-refractivity contribution in [3.63, 3.8) is 0 Å². The third kappa shape index (κ3) is 3.32. The molecular formula is C14H24N2O.